The number of rotatable bonds is 3. The van der Waals surface area contributed by atoms with E-state index in [9.17, 15) is 9.59 Å². The Labute approximate surface area is 138 Å². The van der Waals surface area contributed by atoms with E-state index >= 15 is 0 Å². The maximum atomic E-state index is 12.8. The zero-order valence-electron chi connectivity index (χ0n) is 12.9. The number of benzene rings is 2. The third-order valence-electron chi connectivity index (χ3n) is 4.97. The fourth-order valence-electron chi connectivity index (χ4n) is 3.95. The molecule has 0 spiro atoms. The number of carbonyl (C=O) groups is 2. The van der Waals surface area contributed by atoms with Gasteiger partial charge in [-0.2, -0.15) is 0 Å². The third kappa shape index (κ3) is 2.42. The summed E-state index contributed by atoms with van der Waals surface area (Å²) in [7, 11) is 0. The van der Waals surface area contributed by atoms with Crippen molar-refractivity contribution in [2.24, 2.45) is 17.8 Å². The molecule has 4 unspecified atom stereocenters. The normalized spacial score (nSPS) is 27.3. The lowest BCUT2D eigenvalue weighted by Gasteiger charge is -2.26. The summed E-state index contributed by atoms with van der Waals surface area (Å²) in [5.74, 6) is -0.631. The highest BCUT2D eigenvalue weighted by molar-refractivity contribution is 6.03. The van der Waals surface area contributed by atoms with Crippen LogP contribution in [0.15, 0.2) is 54.6 Å². The molecule has 2 aromatic rings. The predicted molar refractivity (Wildman–Crippen MR) is 89.7 cm³/mol. The second-order valence-electron chi connectivity index (χ2n) is 6.34. The Bertz CT molecular complexity index is 839. The molecule has 1 amide bonds. The summed E-state index contributed by atoms with van der Waals surface area (Å²) < 4.78 is 5.01. The van der Waals surface area contributed by atoms with Gasteiger partial charge in [-0.1, -0.05) is 48.6 Å². The molecule has 4 atom stereocenters. The first kappa shape index (κ1) is 14.8. The molecule has 24 heavy (non-hydrogen) atoms. The summed E-state index contributed by atoms with van der Waals surface area (Å²) in [5.41, 5.74) is 0.735. The SMILES string of the molecule is O=C(O)OC1C2C=CC(C2)C1C(=O)Nc1cccc2ccccc12. The summed E-state index contributed by atoms with van der Waals surface area (Å²) in [5, 5.41) is 13.9. The van der Waals surface area contributed by atoms with Gasteiger partial charge in [0.15, 0.2) is 0 Å². The largest absolute Gasteiger partial charge is 0.506 e. The van der Waals surface area contributed by atoms with E-state index in [1.54, 1.807) is 0 Å². The van der Waals surface area contributed by atoms with Gasteiger partial charge in [-0.05, 0) is 23.8 Å². The van der Waals surface area contributed by atoms with Crippen molar-refractivity contribution in [1.29, 1.82) is 0 Å². The smallest absolute Gasteiger partial charge is 0.450 e. The minimum atomic E-state index is -1.33. The molecule has 122 valence electrons. The van der Waals surface area contributed by atoms with Crippen molar-refractivity contribution in [3.63, 3.8) is 0 Å². The van der Waals surface area contributed by atoms with Crippen LogP contribution in [0.1, 0.15) is 6.42 Å². The molecular formula is C19H17NO4. The average molecular weight is 323 g/mol. The van der Waals surface area contributed by atoms with Gasteiger partial charge in [-0.3, -0.25) is 4.79 Å². The van der Waals surface area contributed by atoms with E-state index in [-0.39, 0.29) is 17.7 Å². The molecule has 2 aromatic carbocycles. The van der Waals surface area contributed by atoms with Gasteiger partial charge in [0.1, 0.15) is 6.10 Å². The molecular weight excluding hydrogens is 306 g/mol. The lowest BCUT2D eigenvalue weighted by molar-refractivity contribution is -0.124. The van der Waals surface area contributed by atoms with E-state index in [4.69, 9.17) is 9.84 Å². The molecule has 0 aromatic heterocycles. The van der Waals surface area contributed by atoms with Crippen LogP contribution in [-0.4, -0.2) is 23.3 Å². The maximum Gasteiger partial charge on any atom is 0.506 e. The summed E-state index contributed by atoms with van der Waals surface area (Å²) in [6, 6.07) is 13.6. The first-order valence-electron chi connectivity index (χ1n) is 8.00. The highest BCUT2D eigenvalue weighted by atomic mass is 16.7. The third-order valence-corrected chi connectivity index (χ3v) is 4.97. The van der Waals surface area contributed by atoms with E-state index in [0.717, 1.165) is 22.9 Å². The van der Waals surface area contributed by atoms with Gasteiger partial charge in [0.05, 0.1) is 5.92 Å². The molecule has 2 aliphatic rings. The van der Waals surface area contributed by atoms with Crippen LogP contribution in [-0.2, 0) is 9.53 Å². The number of hydrogen-bond donors (Lipinski definition) is 2. The Morgan fingerprint density at radius 1 is 1.04 bits per heavy atom. The zero-order valence-corrected chi connectivity index (χ0v) is 12.9. The standard InChI is InChI=1S/C19H17NO4/c21-18(16-12-8-9-13(10-12)17(16)24-19(22)23)20-15-7-3-5-11-4-1-2-6-14(11)15/h1-9,12-13,16-17H,10H2,(H,20,21)(H,22,23). The van der Waals surface area contributed by atoms with E-state index in [1.807, 2.05) is 54.6 Å². The Balaban J connectivity index is 1.61. The molecule has 0 radical (unpaired) electrons. The summed E-state index contributed by atoms with van der Waals surface area (Å²) in [6.07, 6.45) is 2.79. The van der Waals surface area contributed by atoms with Crippen LogP contribution in [0.3, 0.4) is 0 Å². The van der Waals surface area contributed by atoms with Crippen LogP contribution in [0, 0.1) is 17.8 Å². The van der Waals surface area contributed by atoms with Crippen molar-refractivity contribution in [2.45, 2.75) is 12.5 Å². The Hall–Kier alpha value is -2.82. The summed E-state index contributed by atoms with van der Waals surface area (Å²) >= 11 is 0. The van der Waals surface area contributed by atoms with Crippen molar-refractivity contribution in [1.82, 2.24) is 0 Å². The molecule has 1 fully saturated rings. The summed E-state index contributed by atoms with van der Waals surface area (Å²) in [6.45, 7) is 0. The van der Waals surface area contributed by atoms with E-state index < -0.39 is 18.2 Å². The van der Waals surface area contributed by atoms with Crippen molar-refractivity contribution in [3.8, 4) is 0 Å². The quantitative estimate of drug-likeness (QED) is 0.667. The molecule has 5 nitrogen and oxygen atoms in total. The number of carboxylic acid groups (broad SMARTS) is 1. The molecule has 2 aliphatic carbocycles. The van der Waals surface area contributed by atoms with Crippen LogP contribution < -0.4 is 5.32 Å². The van der Waals surface area contributed by atoms with Gasteiger partial charge in [-0.25, -0.2) is 4.79 Å². The van der Waals surface area contributed by atoms with Crippen LogP contribution in [0.4, 0.5) is 10.5 Å². The molecule has 5 heteroatoms. The molecule has 2 bridgehead atoms. The molecule has 1 saturated carbocycles. The Morgan fingerprint density at radius 2 is 1.79 bits per heavy atom. The second-order valence-corrected chi connectivity index (χ2v) is 6.34. The number of carbonyl (C=O) groups excluding carboxylic acids is 1. The maximum absolute atomic E-state index is 12.8. The van der Waals surface area contributed by atoms with Gasteiger partial charge in [0.25, 0.3) is 0 Å². The highest BCUT2D eigenvalue weighted by Gasteiger charge is 2.50. The van der Waals surface area contributed by atoms with Crippen LogP contribution in [0.5, 0.6) is 0 Å². The first-order chi connectivity index (χ1) is 11.6. The van der Waals surface area contributed by atoms with Crippen molar-refractivity contribution < 1.29 is 19.4 Å². The van der Waals surface area contributed by atoms with Gasteiger partial charge in [0, 0.05) is 17.0 Å². The average Bonchev–Trinajstić information content (AvgIpc) is 3.16. The van der Waals surface area contributed by atoms with Gasteiger partial charge >= 0.3 is 6.16 Å². The van der Waals surface area contributed by atoms with E-state index in [1.165, 1.54) is 0 Å². The van der Waals surface area contributed by atoms with Crippen LogP contribution in [0.25, 0.3) is 10.8 Å². The minimum Gasteiger partial charge on any atom is -0.450 e. The van der Waals surface area contributed by atoms with E-state index in [0.29, 0.717) is 0 Å². The Morgan fingerprint density at radius 3 is 2.62 bits per heavy atom. The summed E-state index contributed by atoms with van der Waals surface area (Å²) in [4.78, 5) is 23.8. The van der Waals surface area contributed by atoms with Crippen LogP contribution in [0.2, 0.25) is 0 Å². The van der Waals surface area contributed by atoms with Crippen molar-refractivity contribution >= 4 is 28.5 Å². The lowest BCUT2D eigenvalue weighted by atomic mass is 9.90. The monoisotopic (exact) mass is 323 g/mol. The zero-order chi connectivity index (χ0) is 16.7. The van der Waals surface area contributed by atoms with Crippen LogP contribution >= 0.6 is 0 Å². The van der Waals surface area contributed by atoms with Gasteiger partial charge < -0.3 is 15.2 Å². The fourth-order valence-corrected chi connectivity index (χ4v) is 3.95. The number of nitrogens with one attached hydrogen (secondary N) is 1. The highest BCUT2D eigenvalue weighted by Crippen LogP contribution is 2.46. The number of amides is 1. The predicted octanol–water partition coefficient (Wildman–Crippen LogP) is 3.66. The van der Waals surface area contributed by atoms with Crippen molar-refractivity contribution in [3.05, 3.63) is 54.6 Å². The number of fused-ring (bicyclic) bond motifs is 3. The van der Waals surface area contributed by atoms with Crippen molar-refractivity contribution in [2.75, 3.05) is 5.32 Å². The minimum absolute atomic E-state index is 0.00522. The molecule has 0 aliphatic heterocycles. The fraction of sp³-hybridized carbons (Fsp3) is 0.263. The first-order valence-corrected chi connectivity index (χ1v) is 8.00. The second kappa shape index (κ2) is 5.67. The molecule has 0 saturated heterocycles. The molecule has 4 rings (SSSR count). The van der Waals surface area contributed by atoms with E-state index in [2.05, 4.69) is 5.32 Å². The van der Waals surface area contributed by atoms with Gasteiger partial charge in [-0.15, -0.1) is 0 Å². The number of ether oxygens (including phenoxy) is 1. The number of allylic oxidation sites excluding steroid dienone is 1. The molecule has 2 N–H and O–H groups in total. The number of hydrogen-bond acceptors (Lipinski definition) is 3. The molecule has 0 heterocycles. The Kier molecular flexibility index (Phi) is 3.49. The lowest BCUT2D eigenvalue weighted by Crippen LogP contribution is -2.38. The topological polar surface area (TPSA) is 75.6 Å². The number of anilines is 1. The van der Waals surface area contributed by atoms with Gasteiger partial charge in [0.2, 0.25) is 5.91 Å².